The van der Waals surface area contributed by atoms with Crippen LogP contribution in [0.5, 0.6) is 0 Å². The fourth-order valence-electron chi connectivity index (χ4n) is 2.13. The van der Waals surface area contributed by atoms with Crippen molar-refractivity contribution >= 4 is 21.6 Å². The van der Waals surface area contributed by atoms with Gasteiger partial charge in [-0.2, -0.15) is 0 Å². The summed E-state index contributed by atoms with van der Waals surface area (Å²) in [5, 5.41) is 0.484. The van der Waals surface area contributed by atoms with Crippen LogP contribution in [0.3, 0.4) is 0 Å². The van der Waals surface area contributed by atoms with E-state index in [4.69, 9.17) is 11.6 Å². The minimum Gasteiger partial charge on any atom is -0.244 e. The minimum absolute atomic E-state index is 0.382. The topological polar surface area (TPSA) is 50.3 Å². The van der Waals surface area contributed by atoms with E-state index in [9.17, 15) is 8.42 Å². The molecule has 0 aliphatic carbocycles. The molecule has 0 unspecified atom stereocenters. The van der Waals surface area contributed by atoms with Crippen molar-refractivity contribution in [3.63, 3.8) is 0 Å². The summed E-state index contributed by atoms with van der Waals surface area (Å²) in [6.07, 6.45) is 4.79. The van der Waals surface area contributed by atoms with Crippen molar-refractivity contribution in [2.75, 3.05) is 19.3 Å². The summed E-state index contributed by atoms with van der Waals surface area (Å²) < 4.78 is 24.3. The summed E-state index contributed by atoms with van der Waals surface area (Å²) in [5.41, 5.74) is 1.11. The van der Waals surface area contributed by atoms with Crippen LogP contribution in [0.25, 0.3) is 0 Å². The molecule has 1 fully saturated rings. The molecule has 1 saturated heterocycles. The zero-order valence-electron chi connectivity index (χ0n) is 9.63. The maximum absolute atomic E-state index is 11.4. The lowest BCUT2D eigenvalue weighted by Crippen LogP contribution is -2.27. The van der Waals surface area contributed by atoms with Crippen molar-refractivity contribution in [3.8, 4) is 0 Å². The number of hydrogen-bond donors (Lipinski definition) is 0. The second-order valence-corrected chi connectivity index (χ2v) is 6.84. The summed E-state index contributed by atoms with van der Waals surface area (Å²) in [4.78, 5) is 4.02. The fourth-order valence-corrected chi connectivity index (χ4v) is 3.16. The molecule has 0 saturated carbocycles. The molecule has 1 atom stereocenters. The molecule has 1 aliphatic rings. The molecule has 6 heteroatoms. The van der Waals surface area contributed by atoms with Gasteiger partial charge in [0.2, 0.25) is 10.0 Å². The first kappa shape index (κ1) is 12.8. The number of rotatable bonds is 3. The van der Waals surface area contributed by atoms with E-state index < -0.39 is 10.0 Å². The Morgan fingerprint density at radius 2 is 2.29 bits per heavy atom. The Kier molecular flexibility index (Phi) is 3.70. The van der Waals surface area contributed by atoms with E-state index in [0.29, 0.717) is 24.2 Å². The molecule has 1 aromatic rings. The van der Waals surface area contributed by atoms with Crippen molar-refractivity contribution < 1.29 is 8.42 Å². The first-order chi connectivity index (χ1) is 7.95. The molecule has 4 nitrogen and oxygen atoms in total. The van der Waals surface area contributed by atoms with E-state index >= 15 is 0 Å². The SMILES string of the molecule is CS(=O)(=O)N1CC[C@@H](Cc2ccc(Cl)nc2)C1. The Labute approximate surface area is 107 Å². The van der Waals surface area contributed by atoms with Crippen LogP contribution in [-0.4, -0.2) is 37.1 Å². The molecule has 2 heterocycles. The lowest BCUT2D eigenvalue weighted by Gasteiger charge is -2.13. The molecule has 17 heavy (non-hydrogen) atoms. The van der Waals surface area contributed by atoms with Crippen molar-refractivity contribution in [1.82, 2.24) is 9.29 Å². The minimum atomic E-state index is -3.04. The van der Waals surface area contributed by atoms with Gasteiger partial charge >= 0.3 is 0 Å². The molecule has 0 radical (unpaired) electrons. The normalized spacial score (nSPS) is 21.9. The maximum atomic E-state index is 11.4. The summed E-state index contributed by atoms with van der Waals surface area (Å²) in [6.45, 7) is 1.24. The Morgan fingerprint density at radius 3 is 2.82 bits per heavy atom. The third-order valence-electron chi connectivity index (χ3n) is 3.03. The smallest absolute Gasteiger partial charge is 0.211 e. The quantitative estimate of drug-likeness (QED) is 0.786. The van der Waals surface area contributed by atoms with Gasteiger partial charge in [0.1, 0.15) is 5.15 Å². The Bertz CT molecular complexity index is 487. The lowest BCUT2D eigenvalue weighted by atomic mass is 10.0. The number of hydrogen-bond acceptors (Lipinski definition) is 3. The van der Waals surface area contributed by atoms with Gasteiger partial charge in [-0.1, -0.05) is 17.7 Å². The molecule has 1 aromatic heterocycles. The average molecular weight is 275 g/mol. The summed E-state index contributed by atoms with van der Waals surface area (Å²) in [7, 11) is -3.04. The monoisotopic (exact) mass is 274 g/mol. The third-order valence-corrected chi connectivity index (χ3v) is 4.52. The highest BCUT2D eigenvalue weighted by Gasteiger charge is 2.28. The predicted molar refractivity (Wildman–Crippen MR) is 67.5 cm³/mol. The Morgan fingerprint density at radius 1 is 1.53 bits per heavy atom. The molecule has 0 aromatic carbocycles. The van der Waals surface area contributed by atoms with E-state index in [-0.39, 0.29) is 0 Å². The lowest BCUT2D eigenvalue weighted by molar-refractivity contribution is 0.460. The highest BCUT2D eigenvalue weighted by atomic mass is 35.5. The van der Waals surface area contributed by atoms with E-state index in [1.54, 1.807) is 16.6 Å². The summed E-state index contributed by atoms with van der Waals surface area (Å²) in [6, 6.07) is 3.71. The van der Waals surface area contributed by atoms with Gasteiger partial charge < -0.3 is 0 Å². The second-order valence-electron chi connectivity index (χ2n) is 4.47. The fraction of sp³-hybridized carbons (Fsp3) is 0.545. The van der Waals surface area contributed by atoms with E-state index in [1.165, 1.54) is 6.26 Å². The first-order valence-electron chi connectivity index (χ1n) is 5.51. The molecule has 94 valence electrons. The van der Waals surface area contributed by atoms with Crippen LogP contribution in [-0.2, 0) is 16.4 Å². The molecule has 0 bridgehead atoms. The summed E-state index contributed by atoms with van der Waals surface area (Å²) in [5.74, 6) is 0.382. The van der Waals surface area contributed by atoms with Gasteiger partial charge in [0, 0.05) is 19.3 Å². The van der Waals surface area contributed by atoms with E-state index in [0.717, 1.165) is 18.4 Å². The van der Waals surface area contributed by atoms with Gasteiger partial charge in [0.05, 0.1) is 6.26 Å². The molecule has 0 amide bonds. The van der Waals surface area contributed by atoms with E-state index in [2.05, 4.69) is 4.98 Å². The van der Waals surface area contributed by atoms with E-state index in [1.807, 2.05) is 6.07 Å². The Balaban J connectivity index is 1.96. The van der Waals surface area contributed by atoms with Gasteiger partial charge in [-0.3, -0.25) is 0 Å². The molecular weight excluding hydrogens is 260 g/mol. The standard InChI is InChI=1S/C11H15ClN2O2S/c1-17(15,16)14-5-4-10(8-14)6-9-2-3-11(12)13-7-9/h2-3,7,10H,4-6,8H2,1H3/t10-/m0/s1. The molecule has 0 N–H and O–H groups in total. The van der Waals surface area contributed by atoms with Gasteiger partial charge in [-0.15, -0.1) is 0 Å². The van der Waals surface area contributed by atoms with Gasteiger partial charge in [0.25, 0.3) is 0 Å². The van der Waals surface area contributed by atoms with Crippen molar-refractivity contribution in [3.05, 3.63) is 29.0 Å². The highest BCUT2D eigenvalue weighted by molar-refractivity contribution is 7.88. The third kappa shape index (κ3) is 3.40. The van der Waals surface area contributed by atoms with Crippen LogP contribution in [0.1, 0.15) is 12.0 Å². The molecule has 0 spiro atoms. The first-order valence-corrected chi connectivity index (χ1v) is 7.73. The van der Waals surface area contributed by atoms with Crippen LogP contribution in [0.2, 0.25) is 5.15 Å². The predicted octanol–water partition coefficient (Wildman–Crippen LogP) is 1.56. The number of halogens is 1. The zero-order chi connectivity index (χ0) is 12.5. The molecule has 2 rings (SSSR count). The van der Waals surface area contributed by atoms with Gasteiger partial charge in [-0.25, -0.2) is 17.7 Å². The van der Waals surface area contributed by atoms with Crippen molar-refractivity contribution in [1.29, 1.82) is 0 Å². The highest BCUT2D eigenvalue weighted by Crippen LogP contribution is 2.22. The largest absolute Gasteiger partial charge is 0.244 e. The van der Waals surface area contributed by atoms with Gasteiger partial charge in [-0.05, 0) is 30.4 Å². The second kappa shape index (κ2) is 4.92. The van der Waals surface area contributed by atoms with Gasteiger partial charge in [0.15, 0.2) is 0 Å². The zero-order valence-corrected chi connectivity index (χ0v) is 11.2. The number of pyridine rings is 1. The van der Waals surface area contributed by atoms with Crippen LogP contribution in [0.15, 0.2) is 18.3 Å². The van der Waals surface area contributed by atoms with Crippen LogP contribution in [0.4, 0.5) is 0 Å². The Hall–Kier alpha value is -0.650. The maximum Gasteiger partial charge on any atom is 0.211 e. The molecule has 1 aliphatic heterocycles. The number of nitrogens with zero attached hydrogens (tertiary/aromatic N) is 2. The summed E-state index contributed by atoms with van der Waals surface area (Å²) >= 11 is 5.71. The average Bonchev–Trinajstić information content (AvgIpc) is 2.69. The van der Waals surface area contributed by atoms with Crippen LogP contribution in [0, 0.1) is 5.92 Å². The van der Waals surface area contributed by atoms with Crippen molar-refractivity contribution in [2.45, 2.75) is 12.8 Å². The number of sulfonamides is 1. The van der Waals surface area contributed by atoms with Crippen LogP contribution >= 0.6 is 11.6 Å². The number of aromatic nitrogens is 1. The molecular formula is C11H15ClN2O2S. The van der Waals surface area contributed by atoms with Crippen LogP contribution < -0.4 is 0 Å². The van der Waals surface area contributed by atoms with Crippen molar-refractivity contribution in [2.24, 2.45) is 5.92 Å².